The van der Waals surface area contributed by atoms with E-state index < -0.39 is 0 Å². The maximum Gasteiger partial charge on any atom is 0.265 e. The van der Waals surface area contributed by atoms with Crippen molar-refractivity contribution in [3.05, 3.63) is 54.7 Å². The molecule has 0 spiro atoms. The van der Waals surface area contributed by atoms with Crippen molar-refractivity contribution < 1.29 is 14.3 Å². The molecule has 0 saturated heterocycles. The van der Waals surface area contributed by atoms with Crippen LogP contribution in [0.1, 0.15) is 13.3 Å². The van der Waals surface area contributed by atoms with Gasteiger partial charge in [-0.15, -0.1) is 0 Å². The minimum atomic E-state index is -0.135. The summed E-state index contributed by atoms with van der Waals surface area (Å²) < 4.78 is 7.58. The summed E-state index contributed by atoms with van der Waals surface area (Å²) in [7, 11) is 0. The lowest BCUT2D eigenvalue weighted by atomic mass is 10.2. The molecule has 0 saturated carbocycles. The Kier molecular flexibility index (Phi) is 4.54. The molecule has 1 N–H and O–H groups in total. The van der Waals surface area contributed by atoms with E-state index in [9.17, 15) is 9.59 Å². The second-order valence-electron chi connectivity index (χ2n) is 6.48. The first-order valence-corrected chi connectivity index (χ1v) is 9.06. The fraction of sp³-hybridized carbons (Fsp3) is 0.238. The zero-order valence-corrected chi connectivity index (χ0v) is 15.1. The van der Waals surface area contributed by atoms with E-state index in [4.69, 9.17) is 4.74 Å². The van der Waals surface area contributed by atoms with Gasteiger partial charge in [-0.2, -0.15) is 0 Å². The number of anilines is 2. The van der Waals surface area contributed by atoms with Crippen molar-refractivity contribution >= 4 is 34.1 Å². The summed E-state index contributed by atoms with van der Waals surface area (Å²) in [5, 5.41) is 4.01. The Labute approximate surface area is 157 Å². The number of rotatable bonds is 5. The highest BCUT2D eigenvalue weighted by atomic mass is 16.5. The van der Waals surface area contributed by atoms with Gasteiger partial charge in [0.1, 0.15) is 5.75 Å². The van der Waals surface area contributed by atoms with Gasteiger partial charge in [0, 0.05) is 42.3 Å². The molecule has 27 heavy (non-hydrogen) atoms. The van der Waals surface area contributed by atoms with Crippen LogP contribution in [0.15, 0.2) is 54.7 Å². The molecule has 2 heterocycles. The Morgan fingerprint density at radius 1 is 1.19 bits per heavy atom. The lowest BCUT2D eigenvalue weighted by molar-refractivity contribution is -0.121. The summed E-state index contributed by atoms with van der Waals surface area (Å²) in [5.74, 6) is 0.410. The second kappa shape index (κ2) is 7.15. The number of aryl methyl sites for hydroxylation is 1. The first-order chi connectivity index (χ1) is 13.2. The van der Waals surface area contributed by atoms with E-state index in [0.29, 0.717) is 18.0 Å². The topological polar surface area (TPSA) is 63.6 Å². The monoisotopic (exact) mass is 363 g/mol. The van der Waals surface area contributed by atoms with Gasteiger partial charge in [-0.05, 0) is 43.3 Å². The number of para-hydroxylation sites is 2. The molecule has 0 bridgehead atoms. The Morgan fingerprint density at radius 3 is 2.89 bits per heavy atom. The Bertz CT molecular complexity index is 1010. The molecule has 0 atom stereocenters. The average Bonchev–Trinajstić information content (AvgIpc) is 3.09. The molecule has 2 amide bonds. The van der Waals surface area contributed by atoms with Crippen LogP contribution in [0.5, 0.6) is 5.75 Å². The molecule has 3 aromatic rings. The third kappa shape index (κ3) is 3.38. The van der Waals surface area contributed by atoms with Crippen molar-refractivity contribution in [2.24, 2.45) is 0 Å². The fourth-order valence-corrected chi connectivity index (χ4v) is 3.39. The number of carbonyl (C=O) groups is 2. The highest BCUT2D eigenvalue weighted by Crippen LogP contribution is 2.31. The van der Waals surface area contributed by atoms with E-state index >= 15 is 0 Å². The molecule has 0 radical (unpaired) electrons. The van der Waals surface area contributed by atoms with Gasteiger partial charge >= 0.3 is 0 Å². The minimum Gasteiger partial charge on any atom is -0.482 e. The van der Waals surface area contributed by atoms with Crippen LogP contribution in [0.4, 0.5) is 11.4 Å². The second-order valence-corrected chi connectivity index (χ2v) is 6.48. The Balaban J connectivity index is 1.42. The molecule has 0 aliphatic carbocycles. The van der Waals surface area contributed by atoms with Gasteiger partial charge in [0.15, 0.2) is 6.61 Å². The minimum absolute atomic E-state index is 0.00369. The smallest absolute Gasteiger partial charge is 0.265 e. The van der Waals surface area contributed by atoms with Gasteiger partial charge in [-0.3, -0.25) is 9.59 Å². The number of hydrogen-bond donors (Lipinski definition) is 1. The number of nitrogens with zero attached hydrogens (tertiary/aromatic N) is 2. The van der Waals surface area contributed by atoms with Crippen LogP contribution in [0, 0.1) is 0 Å². The molecule has 0 fully saturated rings. The number of fused-ring (bicyclic) bond motifs is 2. The molecule has 1 aromatic heterocycles. The molecular weight excluding hydrogens is 342 g/mol. The largest absolute Gasteiger partial charge is 0.482 e. The highest BCUT2D eigenvalue weighted by Gasteiger charge is 2.25. The molecule has 6 nitrogen and oxygen atoms in total. The predicted octanol–water partition coefficient (Wildman–Crippen LogP) is 3.42. The summed E-state index contributed by atoms with van der Waals surface area (Å²) >= 11 is 0. The Morgan fingerprint density at radius 2 is 2.04 bits per heavy atom. The zero-order chi connectivity index (χ0) is 18.8. The lowest BCUT2D eigenvalue weighted by Gasteiger charge is -2.29. The van der Waals surface area contributed by atoms with Gasteiger partial charge < -0.3 is 19.5 Å². The first kappa shape index (κ1) is 17.1. The summed E-state index contributed by atoms with van der Waals surface area (Å²) in [6.45, 7) is 3.33. The van der Waals surface area contributed by atoms with Crippen LogP contribution in [0.2, 0.25) is 0 Å². The Hall–Kier alpha value is -3.28. The number of amides is 2. The SMILES string of the molecule is CCn1ccc2cc(NC(=O)CCN3C(=O)COc4ccccc43)ccc21. The number of carbonyl (C=O) groups excluding carboxylic acids is 2. The van der Waals surface area contributed by atoms with Crippen LogP contribution in [-0.2, 0) is 16.1 Å². The van der Waals surface area contributed by atoms with E-state index in [-0.39, 0.29) is 24.8 Å². The molecule has 138 valence electrons. The van der Waals surface area contributed by atoms with Crippen LogP contribution in [0.25, 0.3) is 10.9 Å². The summed E-state index contributed by atoms with van der Waals surface area (Å²) in [6, 6.07) is 15.3. The van der Waals surface area contributed by atoms with Crippen LogP contribution in [-0.4, -0.2) is 29.5 Å². The summed E-state index contributed by atoms with van der Waals surface area (Å²) in [5.41, 5.74) is 2.62. The fourth-order valence-electron chi connectivity index (χ4n) is 3.39. The molecule has 6 heteroatoms. The van der Waals surface area contributed by atoms with Crippen molar-refractivity contribution in [3.8, 4) is 5.75 Å². The van der Waals surface area contributed by atoms with E-state index in [1.54, 1.807) is 4.90 Å². The maximum atomic E-state index is 12.4. The summed E-state index contributed by atoms with van der Waals surface area (Å²) in [6.07, 6.45) is 2.26. The van der Waals surface area contributed by atoms with Crippen molar-refractivity contribution in [1.82, 2.24) is 4.57 Å². The zero-order valence-electron chi connectivity index (χ0n) is 15.1. The van der Waals surface area contributed by atoms with Crippen LogP contribution >= 0.6 is 0 Å². The first-order valence-electron chi connectivity index (χ1n) is 9.06. The summed E-state index contributed by atoms with van der Waals surface area (Å²) in [4.78, 5) is 26.2. The van der Waals surface area contributed by atoms with Gasteiger partial charge in [-0.25, -0.2) is 0 Å². The number of benzene rings is 2. The molecule has 1 aliphatic heterocycles. The third-order valence-corrected chi connectivity index (χ3v) is 4.77. The number of hydrogen-bond acceptors (Lipinski definition) is 3. The standard InChI is InChI=1S/C21H21N3O3/c1-2-23-11-9-15-13-16(7-8-17(15)23)22-20(25)10-12-24-18-5-3-4-6-19(18)27-14-21(24)26/h3-9,11,13H,2,10,12,14H2,1H3,(H,22,25). The predicted molar refractivity (Wildman–Crippen MR) is 105 cm³/mol. The van der Waals surface area contributed by atoms with E-state index in [1.807, 2.05) is 54.7 Å². The van der Waals surface area contributed by atoms with Crippen LogP contribution < -0.4 is 15.0 Å². The van der Waals surface area contributed by atoms with Crippen molar-refractivity contribution in [1.29, 1.82) is 0 Å². The molecule has 0 unspecified atom stereocenters. The quantitative estimate of drug-likeness (QED) is 0.755. The molecule has 2 aromatic carbocycles. The number of nitrogens with one attached hydrogen (secondary N) is 1. The van der Waals surface area contributed by atoms with E-state index in [0.717, 1.165) is 23.1 Å². The highest BCUT2D eigenvalue weighted by molar-refractivity contribution is 5.99. The van der Waals surface area contributed by atoms with Gasteiger partial charge in [0.05, 0.1) is 5.69 Å². The average molecular weight is 363 g/mol. The van der Waals surface area contributed by atoms with Crippen molar-refractivity contribution in [3.63, 3.8) is 0 Å². The normalized spacial score (nSPS) is 13.4. The van der Waals surface area contributed by atoms with Gasteiger partial charge in [0.2, 0.25) is 5.91 Å². The molecular formula is C21H21N3O3. The van der Waals surface area contributed by atoms with Crippen LogP contribution in [0.3, 0.4) is 0 Å². The third-order valence-electron chi connectivity index (χ3n) is 4.77. The molecule has 1 aliphatic rings. The van der Waals surface area contributed by atoms with E-state index in [1.165, 1.54) is 0 Å². The molecule has 4 rings (SSSR count). The number of aromatic nitrogens is 1. The van der Waals surface area contributed by atoms with Crippen molar-refractivity contribution in [2.45, 2.75) is 19.9 Å². The number of ether oxygens (including phenoxy) is 1. The van der Waals surface area contributed by atoms with Crippen molar-refractivity contribution in [2.75, 3.05) is 23.4 Å². The van der Waals surface area contributed by atoms with Gasteiger partial charge in [0.25, 0.3) is 5.91 Å². The maximum absolute atomic E-state index is 12.4. The van der Waals surface area contributed by atoms with E-state index in [2.05, 4.69) is 16.8 Å². The lowest BCUT2D eigenvalue weighted by Crippen LogP contribution is -2.40. The van der Waals surface area contributed by atoms with Gasteiger partial charge in [-0.1, -0.05) is 12.1 Å².